The summed E-state index contributed by atoms with van der Waals surface area (Å²) in [5.41, 5.74) is 7.07. The second kappa shape index (κ2) is 6.35. The highest BCUT2D eigenvalue weighted by atomic mass is 79.9. The lowest BCUT2D eigenvalue weighted by atomic mass is 10.2. The van der Waals surface area contributed by atoms with Gasteiger partial charge < -0.3 is 11.1 Å². The zero-order valence-electron chi connectivity index (χ0n) is 11.6. The molecular formula is C13H16BrN3O2S2. The van der Waals surface area contributed by atoms with E-state index in [1.54, 1.807) is 23.5 Å². The van der Waals surface area contributed by atoms with Crippen LogP contribution in [0.4, 0.5) is 11.4 Å². The van der Waals surface area contributed by atoms with Crippen LogP contribution in [0, 0.1) is 0 Å². The first kappa shape index (κ1) is 16.3. The number of hydrogen-bond acceptors (Lipinski definition) is 5. The highest BCUT2D eigenvalue weighted by Gasteiger charge is 2.18. The monoisotopic (exact) mass is 389 g/mol. The van der Waals surface area contributed by atoms with E-state index in [1.807, 2.05) is 11.4 Å². The number of nitrogen functional groups attached to an aromatic ring is 1. The van der Waals surface area contributed by atoms with E-state index in [1.165, 1.54) is 20.2 Å². The van der Waals surface area contributed by atoms with Crippen molar-refractivity contribution in [3.63, 3.8) is 0 Å². The minimum atomic E-state index is -3.46. The summed E-state index contributed by atoms with van der Waals surface area (Å²) in [5.74, 6) is 0. The van der Waals surface area contributed by atoms with Gasteiger partial charge in [0.15, 0.2) is 0 Å². The van der Waals surface area contributed by atoms with Gasteiger partial charge in [0.2, 0.25) is 10.0 Å². The van der Waals surface area contributed by atoms with Crippen LogP contribution in [0.2, 0.25) is 0 Å². The Kier molecular flexibility index (Phi) is 4.92. The molecule has 21 heavy (non-hydrogen) atoms. The largest absolute Gasteiger partial charge is 0.397 e. The average Bonchev–Trinajstić information content (AvgIpc) is 2.82. The normalized spacial score (nSPS) is 11.8. The molecule has 1 aromatic carbocycles. The third-order valence-electron chi connectivity index (χ3n) is 2.93. The molecule has 2 rings (SSSR count). The number of nitrogens with zero attached hydrogens (tertiary/aromatic N) is 1. The van der Waals surface area contributed by atoms with Gasteiger partial charge >= 0.3 is 0 Å². The van der Waals surface area contributed by atoms with E-state index >= 15 is 0 Å². The standard InChI is InChI=1S/C13H16BrN3O2S2/c1-17(2)21(18,19)9-3-4-12(11(15)7-9)16-8-13-10(14)5-6-20-13/h3-7,16H,8,15H2,1-2H3. The number of thiophene rings is 1. The van der Waals surface area contributed by atoms with Gasteiger partial charge in [-0.3, -0.25) is 0 Å². The van der Waals surface area contributed by atoms with Gasteiger partial charge in [0.05, 0.1) is 22.8 Å². The second-order valence-corrected chi connectivity index (χ2v) is 8.59. The molecule has 5 nitrogen and oxygen atoms in total. The molecule has 0 amide bonds. The average molecular weight is 390 g/mol. The molecule has 1 heterocycles. The molecule has 0 aliphatic heterocycles. The van der Waals surface area contributed by atoms with Crippen molar-refractivity contribution in [2.45, 2.75) is 11.4 Å². The van der Waals surface area contributed by atoms with Gasteiger partial charge in [-0.2, -0.15) is 0 Å². The Hall–Kier alpha value is -1.09. The highest BCUT2D eigenvalue weighted by Crippen LogP contribution is 2.27. The van der Waals surface area contributed by atoms with E-state index in [-0.39, 0.29) is 4.90 Å². The van der Waals surface area contributed by atoms with Gasteiger partial charge in [0.25, 0.3) is 0 Å². The van der Waals surface area contributed by atoms with Gasteiger partial charge in [-0.1, -0.05) is 0 Å². The summed E-state index contributed by atoms with van der Waals surface area (Å²) in [6.45, 7) is 0.627. The van der Waals surface area contributed by atoms with Gasteiger partial charge in [-0.25, -0.2) is 12.7 Å². The van der Waals surface area contributed by atoms with Crippen molar-refractivity contribution in [1.82, 2.24) is 4.31 Å². The summed E-state index contributed by atoms with van der Waals surface area (Å²) in [6, 6.07) is 6.70. The fourth-order valence-corrected chi connectivity index (χ4v) is 4.07. The molecule has 0 saturated heterocycles. The first-order chi connectivity index (χ1) is 9.82. The molecule has 0 unspecified atom stereocenters. The molecule has 1 aromatic heterocycles. The van der Waals surface area contributed by atoms with Crippen LogP contribution in [0.15, 0.2) is 39.0 Å². The molecule has 0 radical (unpaired) electrons. The molecule has 8 heteroatoms. The Labute approximate surface area is 137 Å². The number of benzene rings is 1. The second-order valence-electron chi connectivity index (χ2n) is 4.58. The summed E-state index contributed by atoms with van der Waals surface area (Å²) < 4.78 is 26.3. The molecule has 0 spiro atoms. The van der Waals surface area contributed by atoms with Crippen LogP contribution in [-0.4, -0.2) is 26.8 Å². The zero-order chi connectivity index (χ0) is 15.6. The molecular weight excluding hydrogens is 374 g/mol. The van der Waals surface area contributed by atoms with Crippen molar-refractivity contribution in [1.29, 1.82) is 0 Å². The smallest absolute Gasteiger partial charge is 0.242 e. The lowest BCUT2D eigenvalue weighted by Crippen LogP contribution is -2.22. The number of sulfonamides is 1. The molecule has 0 atom stereocenters. The minimum Gasteiger partial charge on any atom is -0.397 e. The Morgan fingerprint density at radius 3 is 2.57 bits per heavy atom. The number of hydrogen-bond donors (Lipinski definition) is 2. The first-order valence-corrected chi connectivity index (χ1v) is 9.21. The van der Waals surface area contributed by atoms with Crippen LogP contribution >= 0.6 is 27.3 Å². The summed E-state index contributed by atoms with van der Waals surface area (Å²) in [6.07, 6.45) is 0. The van der Waals surface area contributed by atoms with E-state index in [9.17, 15) is 8.42 Å². The molecule has 114 valence electrons. The molecule has 0 saturated carbocycles. The lowest BCUT2D eigenvalue weighted by molar-refractivity contribution is 0.521. The molecule has 0 aliphatic carbocycles. The quantitative estimate of drug-likeness (QED) is 0.770. The number of anilines is 2. The third kappa shape index (κ3) is 3.57. The Bertz CT molecular complexity index is 742. The predicted molar refractivity (Wildman–Crippen MR) is 91.1 cm³/mol. The number of halogens is 1. The summed E-state index contributed by atoms with van der Waals surface area (Å²) in [4.78, 5) is 1.34. The van der Waals surface area contributed by atoms with E-state index in [0.29, 0.717) is 17.9 Å². The van der Waals surface area contributed by atoms with Crippen LogP contribution in [-0.2, 0) is 16.6 Å². The molecule has 0 aliphatic rings. The van der Waals surface area contributed by atoms with Crippen molar-refractivity contribution in [2.75, 3.05) is 25.1 Å². The Morgan fingerprint density at radius 2 is 2.05 bits per heavy atom. The van der Waals surface area contributed by atoms with Crippen molar-refractivity contribution in [3.8, 4) is 0 Å². The zero-order valence-corrected chi connectivity index (χ0v) is 14.8. The first-order valence-electron chi connectivity index (χ1n) is 6.10. The van der Waals surface area contributed by atoms with Crippen LogP contribution in [0.1, 0.15) is 4.88 Å². The van der Waals surface area contributed by atoms with Gasteiger partial charge in [0.1, 0.15) is 0 Å². The third-order valence-corrected chi connectivity index (χ3v) is 6.67. The van der Waals surface area contributed by atoms with Crippen LogP contribution < -0.4 is 11.1 Å². The molecule has 2 aromatic rings. The maximum absolute atomic E-state index is 12.0. The van der Waals surface area contributed by atoms with Gasteiger partial charge in [-0.15, -0.1) is 11.3 Å². The van der Waals surface area contributed by atoms with Crippen molar-refractivity contribution >= 4 is 48.7 Å². The Balaban J connectivity index is 2.19. The van der Waals surface area contributed by atoms with E-state index < -0.39 is 10.0 Å². The van der Waals surface area contributed by atoms with Crippen LogP contribution in [0.25, 0.3) is 0 Å². The van der Waals surface area contributed by atoms with Crippen molar-refractivity contribution in [3.05, 3.63) is 39.0 Å². The SMILES string of the molecule is CN(C)S(=O)(=O)c1ccc(NCc2sccc2Br)c(N)c1. The maximum Gasteiger partial charge on any atom is 0.242 e. The van der Waals surface area contributed by atoms with Crippen LogP contribution in [0.5, 0.6) is 0 Å². The van der Waals surface area contributed by atoms with E-state index in [0.717, 1.165) is 13.7 Å². The number of rotatable bonds is 5. The molecule has 0 fully saturated rings. The Morgan fingerprint density at radius 1 is 1.33 bits per heavy atom. The highest BCUT2D eigenvalue weighted by molar-refractivity contribution is 9.10. The fourth-order valence-electron chi connectivity index (χ4n) is 1.70. The van der Waals surface area contributed by atoms with Gasteiger partial charge in [0, 0.05) is 23.4 Å². The fraction of sp³-hybridized carbons (Fsp3) is 0.231. The van der Waals surface area contributed by atoms with E-state index in [2.05, 4.69) is 21.2 Å². The van der Waals surface area contributed by atoms with E-state index in [4.69, 9.17) is 5.73 Å². The topological polar surface area (TPSA) is 75.4 Å². The summed E-state index contributed by atoms with van der Waals surface area (Å²) in [7, 11) is -0.477. The summed E-state index contributed by atoms with van der Waals surface area (Å²) in [5, 5.41) is 5.21. The number of nitrogens with one attached hydrogen (secondary N) is 1. The summed E-state index contributed by atoms with van der Waals surface area (Å²) >= 11 is 5.10. The molecule has 0 bridgehead atoms. The van der Waals surface area contributed by atoms with Gasteiger partial charge in [-0.05, 0) is 45.6 Å². The minimum absolute atomic E-state index is 0.188. The molecule has 3 N–H and O–H groups in total. The maximum atomic E-state index is 12.0. The van der Waals surface area contributed by atoms with Crippen molar-refractivity contribution in [2.24, 2.45) is 0 Å². The predicted octanol–water partition coefficient (Wildman–Crippen LogP) is 2.96. The van der Waals surface area contributed by atoms with Crippen molar-refractivity contribution < 1.29 is 8.42 Å². The van der Waals surface area contributed by atoms with Crippen LogP contribution in [0.3, 0.4) is 0 Å². The number of nitrogens with two attached hydrogens (primary N) is 1. The lowest BCUT2D eigenvalue weighted by Gasteiger charge is -2.14.